The highest BCUT2D eigenvalue weighted by Crippen LogP contribution is 2.17. The molecular weight excluding hydrogens is 262 g/mol. The van der Waals surface area contributed by atoms with Crippen LogP contribution in [0.4, 0.5) is 0 Å². The minimum absolute atomic E-state index is 0.123. The van der Waals surface area contributed by atoms with E-state index in [0.717, 1.165) is 17.4 Å². The lowest BCUT2D eigenvalue weighted by atomic mass is 10.1. The Morgan fingerprint density at radius 1 is 0.857 bits per heavy atom. The highest BCUT2D eigenvalue weighted by atomic mass is 16.5. The van der Waals surface area contributed by atoms with Crippen LogP contribution in [0.15, 0.2) is 0 Å². The summed E-state index contributed by atoms with van der Waals surface area (Å²) in [5.74, 6) is 0. The van der Waals surface area contributed by atoms with E-state index in [1.807, 2.05) is 0 Å². The van der Waals surface area contributed by atoms with Crippen molar-refractivity contribution in [1.29, 1.82) is 0 Å². The molecule has 0 heterocycles. The van der Waals surface area contributed by atoms with Crippen LogP contribution in [0.2, 0.25) is 0 Å². The van der Waals surface area contributed by atoms with Gasteiger partial charge in [0.15, 0.2) is 6.23 Å². The van der Waals surface area contributed by atoms with Gasteiger partial charge >= 0.3 is 0 Å². The van der Waals surface area contributed by atoms with Gasteiger partial charge in [-0.3, -0.25) is 0 Å². The van der Waals surface area contributed by atoms with Crippen molar-refractivity contribution in [1.82, 2.24) is 0 Å². The largest absolute Gasteiger partial charge is 0.394 e. The molecule has 0 aliphatic carbocycles. The molecule has 3 nitrogen and oxygen atoms in total. The number of rotatable bonds is 15. The molecular formula is C18H40NO2+. The molecule has 0 aliphatic rings. The lowest BCUT2D eigenvalue weighted by Crippen LogP contribution is -2.50. The van der Waals surface area contributed by atoms with Crippen LogP contribution in [-0.4, -0.2) is 49.7 Å². The summed E-state index contributed by atoms with van der Waals surface area (Å²) in [5, 5.41) is 8.95. The van der Waals surface area contributed by atoms with Gasteiger partial charge in [-0.15, -0.1) is 0 Å². The quantitative estimate of drug-likeness (QED) is 0.277. The molecule has 1 atom stereocenters. The number of ether oxygens (including phenoxy) is 1. The molecule has 0 saturated carbocycles. The summed E-state index contributed by atoms with van der Waals surface area (Å²) in [7, 11) is 4.44. The monoisotopic (exact) mass is 302 g/mol. The minimum atomic E-state index is 0.123. The molecule has 0 spiro atoms. The van der Waals surface area contributed by atoms with Crippen molar-refractivity contribution < 1.29 is 14.3 Å². The third-order valence-electron chi connectivity index (χ3n) is 4.55. The van der Waals surface area contributed by atoms with Crippen LogP contribution >= 0.6 is 0 Å². The van der Waals surface area contributed by atoms with Crippen LogP contribution < -0.4 is 0 Å². The van der Waals surface area contributed by atoms with E-state index in [1.165, 1.54) is 57.8 Å². The molecule has 0 saturated heterocycles. The molecule has 128 valence electrons. The fraction of sp³-hybridized carbons (Fsp3) is 1.00. The second-order valence-corrected chi connectivity index (χ2v) is 6.76. The fourth-order valence-electron chi connectivity index (χ4n) is 2.66. The highest BCUT2D eigenvalue weighted by Gasteiger charge is 2.26. The summed E-state index contributed by atoms with van der Waals surface area (Å²) >= 11 is 0. The van der Waals surface area contributed by atoms with Gasteiger partial charge in [-0.05, 0) is 13.3 Å². The number of hydrogen-bond donors (Lipinski definition) is 1. The van der Waals surface area contributed by atoms with Crippen LogP contribution in [0.1, 0.15) is 78.1 Å². The maximum atomic E-state index is 8.95. The van der Waals surface area contributed by atoms with Crippen LogP contribution in [0.3, 0.4) is 0 Å². The Morgan fingerprint density at radius 2 is 1.38 bits per heavy atom. The first-order valence-electron chi connectivity index (χ1n) is 9.13. The number of hydrogen-bond acceptors (Lipinski definition) is 2. The number of aliphatic hydroxyl groups is 1. The fourth-order valence-corrected chi connectivity index (χ4v) is 2.66. The number of quaternary nitrogens is 1. The first-order chi connectivity index (χ1) is 10.1. The summed E-state index contributed by atoms with van der Waals surface area (Å²) in [6.45, 7) is 6.12. The second-order valence-electron chi connectivity index (χ2n) is 6.76. The standard InChI is InChI=1S/C18H40NO2/c1-5-7-8-9-10-11-12-13-14-15-18(21-17-16-20)19(3,4)6-2/h18,20H,5-17H2,1-4H3/q+1. The SMILES string of the molecule is CCCCCCCCCCCC(OCCO)[N+](C)(C)CC. The van der Waals surface area contributed by atoms with Crippen molar-refractivity contribution in [2.75, 3.05) is 33.9 Å². The van der Waals surface area contributed by atoms with Gasteiger partial charge in [-0.1, -0.05) is 58.3 Å². The van der Waals surface area contributed by atoms with E-state index in [-0.39, 0.29) is 12.8 Å². The van der Waals surface area contributed by atoms with Crippen molar-refractivity contribution in [3.63, 3.8) is 0 Å². The van der Waals surface area contributed by atoms with E-state index >= 15 is 0 Å². The number of aliphatic hydroxyl groups excluding tert-OH is 1. The van der Waals surface area contributed by atoms with Crippen molar-refractivity contribution in [2.24, 2.45) is 0 Å². The Labute approximate surface area is 133 Å². The van der Waals surface area contributed by atoms with Gasteiger partial charge < -0.3 is 14.3 Å². The minimum Gasteiger partial charge on any atom is -0.394 e. The van der Waals surface area contributed by atoms with Crippen molar-refractivity contribution in [3.8, 4) is 0 Å². The zero-order valence-electron chi connectivity index (χ0n) is 15.1. The van der Waals surface area contributed by atoms with Crippen LogP contribution in [-0.2, 0) is 4.74 Å². The lowest BCUT2D eigenvalue weighted by Gasteiger charge is -2.36. The van der Waals surface area contributed by atoms with Crippen LogP contribution in [0.5, 0.6) is 0 Å². The second kappa shape index (κ2) is 13.5. The van der Waals surface area contributed by atoms with Crippen LogP contribution in [0.25, 0.3) is 0 Å². The van der Waals surface area contributed by atoms with Gasteiger partial charge in [0.2, 0.25) is 0 Å². The predicted molar refractivity (Wildman–Crippen MR) is 91.3 cm³/mol. The molecule has 1 unspecified atom stereocenters. The third kappa shape index (κ3) is 11.1. The van der Waals surface area contributed by atoms with E-state index in [0.29, 0.717) is 6.61 Å². The molecule has 1 N–H and O–H groups in total. The molecule has 0 aromatic rings. The van der Waals surface area contributed by atoms with Gasteiger partial charge in [0.1, 0.15) is 0 Å². The smallest absolute Gasteiger partial charge is 0.192 e. The zero-order valence-corrected chi connectivity index (χ0v) is 15.1. The first kappa shape index (κ1) is 20.9. The molecule has 0 aliphatic heterocycles. The molecule has 0 aromatic carbocycles. The predicted octanol–water partition coefficient (Wildman–Crippen LogP) is 4.34. The maximum absolute atomic E-state index is 8.95. The summed E-state index contributed by atoms with van der Waals surface area (Å²) in [6.07, 6.45) is 13.6. The Bertz CT molecular complexity index is 219. The average molecular weight is 303 g/mol. The summed E-state index contributed by atoms with van der Waals surface area (Å²) in [6, 6.07) is 0. The van der Waals surface area contributed by atoms with E-state index in [2.05, 4.69) is 27.9 Å². The van der Waals surface area contributed by atoms with E-state index in [1.54, 1.807) is 0 Å². The first-order valence-corrected chi connectivity index (χ1v) is 9.13. The Morgan fingerprint density at radius 3 is 1.86 bits per heavy atom. The van der Waals surface area contributed by atoms with Gasteiger partial charge in [-0.2, -0.15) is 0 Å². The number of nitrogens with zero attached hydrogens (tertiary/aromatic N) is 1. The molecule has 0 bridgehead atoms. The molecule has 0 fully saturated rings. The van der Waals surface area contributed by atoms with E-state index < -0.39 is 0 Å². The van der Waals surface area contributed by atoms with Crippen molar-refractivity contribution in [2.45, 2.75) is 84.3 Å². The topological polar surface area (TPSA) is 29.5 Å². The van der Waals surface area contributed by atoms with Crippen LogP contribution in [0, 0.1) is 0 Å². The Hall–Kier alpha value is -0.120. The number of unbranched alkanes of at least 4 members (excludes halogenated alkanes) is 8. The van der Waals surface area contributed by atoms with Crippen molar-refractivity contribution >= 4 is 0 Å². The normalized spacial score (nSPS) is 13.6. The van der Waals surface area contributed by atoms with Gasteiger partial charge in [0.25, 0.3) is 0 Å². The Balaban J connectivity index is 3.68. The highest BCUT2D eigenvalue weighted by molar-refractivity contribution is 4.51. The van der Waals surface area contributed by atoms with Gasteiger partial charge in [0.05, 0.1) is 33.9 Å². The summed E-state index contributed by atoms with van der Waals surface area (Å²) in [5.41, 5.74) is 0. The summed E-state index contributed by atoms with van der Waals surface area (Å²) < 4.78 is 6.73. The maximum Gasteiger partial charge on any atom is 0.192 e. The zero-order chi connectivity index (χ0) is 16.0. The third-order valence-corrected chi connectivity index (χ3v) is 4.55. The van der Waals surface area contributed by atoms with E-state index in [9.17, 15) is 0 Å². The summed E-state index contributed by atoms with van der Waals surface area (Å²) in [4.78, 5) is 0. The molecule has 21 heavy (non-hydrogen) atoms. The average Bonchev–Trinajstić information content (AvgIpc) is 2.48. The molecule has 0 radical (unpaired) electrons. The van der Waals surface area contributed by atoms with Crippen molar-refractivity contribution in [3.05, 3.63) is 0 Å². The van der Waals surface area contributed by atoms with Gasteiger partial charge in [0, 0.05) is 6.42 Å². The van der Waals surface area contributed by atoms with E-state index in [4.69, 9.17) is 9.84 Å². The molecule has 0 aromatic heterocycles. The Kier molecular flexibility index (Phi) is 13.5. The molecule has 3 heteroatoms. The van der Waals surface area contributed by atoms with Gasteiger partial charge in [-0.25, -0.2) is 0 Å². The molecule has 0 rings (SSSR count). The lowest BCUT2D eigenvalue weighted by molar-refractivity contribution is -0.936. The molecule has 0 amide bonds.